The first-order valence-electron chi connectivity index (χ1n) is 6.27. The third-order valence-electron chi connectivity index (χ3n) is 2.97. The number of alkyl halides is 2. The molecule has 0 bridgehead atoms. The smallest absolute Gasteiger partial charge is 0.388 e. The van der Waals surface area contributed by atoms with Crippen LogP contribution in [0.15, 0.2) is 6.07 Å². The van der Waals surface area contributed by atoms with Gasteiger partial charge in [-0.1, -0.05) is 20.8 Å². The van der Waals surface area contributed by atoms with E-state index in [4.69, 9.17) is 0 Å². The van der Waals surface area contributed by atoms with Crippen LogP contribution in [-0.2, 0) is 7.05 Å². The molecular weight excluding hydrogens is 270 g/mol. The Kier molecular flexibility index (Phi) is 5.29. The van der Waals surface area contributed by atoms with Crippen LogP contribution < -0.4 is 15.4 Å². The van der Waals surface area contributed by atoms with Gasteiger partial charge in [-0.2, -0.15) is 13.9 Å². The van der Waals surface area contributed by atoms with Crippen LogP contribution in [-0.4, -0.2) is 29.0 Å². The quantitative estimate of drug-likeness (QED) is 0.846. The second-order valence-electron chi connectivity index (χ2n) is 5.20. The Hall–Kier alpha value is -1.86. The summed E-state index contributed by atoms with van der Waals surface area (Å²) in [7, 11) is 1.45. The number of aryl methyl sites for hydroxylation is 1. The molecule has 1 heterocycles. The molecule has 0 atom stereocenters. The minimum Gasteiger partial charge on any atom is -0.417 e. The molecule has 2 amide bonds. The minimum absolute atomic E-state index is 0.00853. The first-order chi connectivity index (χ1) is 9.23. The Balaban J connectivity index is 2.54. The van der Waals surface area contributed by atoms with E-state index in [1.165, 1.54) is 13.1 Å². The number of nitrogens with one attached hydrogen (secondary N) is 2. The van der Waals surface area contributed by atoms with Crippen LogP contribution >= 0.6 is 0 Å². The zero-order valence-electron chi connectivity index (χ0n) is 12.0. The Bertz CT molecular complexity index is 460. The lowest BCUT2D eigenvalue weighted by Gasteiger charge is -2.22. The molecule has 0 saturated carbocycles. The number of ether oxygens (including phenoxy) is 1. The van der Waals surface area contributed by atoms with E-state index in [0.717, 1.165) is 11.1 Å². The Labute approximate surface area is 116 Å². The summed E-state index contributed by atoms with van der Waals surface area (Å²) in [6.07, 6.45) is 0.920. The molecule has 0 spiro atoms. The van der Waals surface area contributed by atoms with Crippen molar-refractivity contribution in [3.05, 3.63) is 6.07 Å². The van der Waals surface area contributed by atoms with Crippen molar-refractivity contribution in [1.82, 2.24) is 15.1 Å². The summed E-state index contributed by atoms with van der Waals surface area (Å²) in [4.78, 5) is 11.7. The molecule has 2 N–H and O–H groups in total. The van der Waals surface area contributed by atoms with Crippen molar-refractivity contribution in [3.63, 3.8) is 0 Å². The summed E-state index contributed by atoms with van der Waals surface area (Å²) in [5.41, 5.74) is -0.00853. The number of hydrogen-bond donors (Lipinski definition) is 2. The predicted molar refractivity (Wildman–Crippen MR) is 70.9 cm³/mol. The lowest BCUT2D eigenvalue weighted by Crippen LogP contribution is -2.36. The topological polar surface area (TPSA) is 68.2 Å². The average Bonchev–Trinajstić information content (AvgIpc) is 2.66. The van der Waals surface area contributed by atoms with Gasteiger partial charge in [-0.3, -0.25) is 5.32 Å². The summed E-state index contributed by atoms with van der Waals surface area (Å²) in [6, 6.07) is 0.796. The van der Waals surface area contributed by atoms with Gasteiger partial charge in [-0.05, 0) is 11.8 Å². The number of nitrogens with zero attached hydrogens (tertiary/aromatic N) is 2. The largest absolute Gasteiger partial charge is 0.417 e. The highest BCUT2D eigenvalue weighted by atomic mass is 19.3. The summed E-state index contributed by atoms with van der Waals surface area (Å²) in [5.74, 6) is 0.0270. The van der Waals surface area contributed by atoms with Gasteiger partial charge >= 0.3 is 12.6 Å². The third-order valence-corrected chi connectivity index (χ3v) is 2.97. The molecule has 0 radical (unpaired) electrons. The summed E-state index contributed by atoms with van der Waals surface area (Å²) in [5, 5.41) is 9.02. The van der Waals surface area contributed by atoms with E-state index >= 15 is 0 Å². The van der Waals surface area contributed by atoms with E-state index in [1.54, 1.807) is 0 Å². The number of amides is 2. The Morgan fingerprint density at radius 3 is 2.75 bits per heavy atom. The number of rotatable bonds is 6. The van der Waals surface area contributed by atoms with Crippen LogP contribution in [0.2, 0.25) is 0 Å². The lowest BCUT2D eigenvalue weighted by atomic mass is 9.90. The van der Waals surface area contributed by atoms with Gasteiger partial charge in [-0.25, -0.2) is 9.48 Å². The summed E-state index contributed by atoms with van der Waals surface area (Å²) < 4.78 is 29.6. The number of urea groups is 1. The predicted octanol–water partition coefficient (Wildman–Crippen LogP) is 2.58. The van der Waals surface area contributed by atoms with Crippen LogP contribution in [0.5, 0.6) is 5.88 Å². The zero-order valence-corrected chi connectivity index (χ0v) is 12.0. The highest BCUT2D eigenvalue weighted by Crippen LogP contribution is 2.19. The zero-order chi connectivity index (χ0) is 15.3. The molecule has 0 saturated heterocycles. The molecule has 0 aliphatic heterocycles. The maximum absolute atomic E-state index is 12.1. The monoisotopic (exact) mass is 290 g/mol. The first-order valence-corrected chi connectivity index (χ1v) is 6.27. The molecule has 8 heteroatoms. The van der Waals surface area contributed by atoms with Gasteiger partial charge in [0.25, 0.3) is 0 Å². The van der Waals surface area contributed by atoms with E-state index in [2.05, 4.69) is 20.5 Å². The van der Waals surface area contributed by atoms with Crippen molar-refractivity contribution in [3.8, 4) is 5.88 Å². The second-order valence-corrected chi connectivity index (χ2v) is 5.20. The van der Waals surface area contributed by atoms with Gasteiger partial charge in [0.2, 0.25) is 5.88 Å². The van der Waals surface area contributed by atoms with Crippen LogP contribution in [0.4, 0.5) is 19.4 Å². The number of anilines is 1. The first kappa shape index (κ1) is 16.2. The summed E-state index contributed by atoms with van der Waals surface area (Å²) >= 11 is 0. The fraction of sp³-hybridized carbons (Fsp3) is 0.667. The van der Waals surface area contributed by atoms with Crippen molar-refractivity contribution in [1.29, 1.82) is 0 Å². The number of carbonyl (C=O) groups is 1. The molecule has 114 valence electrons. The van der Waals surface area contributed by atoms with Crippen molar-refractivity contribution in [2.75, 3.05) is 11.9 Å². The van der Waals surface area contributed by atoms with E-state index in [9.17, 15) is 13.6 Å². The van der Waals surface area contributed by atoms with Crippen LogP contribution in [0.3, 0.4) is 0 Å². The van der Waals surface area contributed by atoms with Gasteiger partial charge in [-0.15, -0.1) is 0 Å². The second kappa shape index (κ2) is 6.53. The number of hydrogen-bond acceptors (Lipinski definition) is 3. The molecule has 6 nitrogen and oxygen atoms in total. The molecule has 1 aromatic rings. The fourth-order valence-electron chi connectivity index (χ4n) is 1.32. The standard InChI is InChI=1S/C12H20F2N4O2/c1-5-12(2,3)7-15-11(19)16-8-6-9(18(4)17-8)20-10(13)14/h6,10H,5,7H2,1-4H3,(H2,15,16,17,19). The SMILES string of the molecule is CCC(C)(C)CNC(=O)Nc1cc(OC(F)F)n(C)n1. The van der Waals surface area contributed by atoms with Crippen molar-refractivity contribution < 1.29 is 18.3 Å². The molecular formula is C12H20F2N4O2. The van der Waals surface area contributed by atoms with Crippen molar-refractivity contribution in [2.45, 2.75) is 33.8 Å². The van der Waals surface area contributed by atoms with Crippen LogP contribution in [0.25, 0.3) is 0 Å². The van der Waals surface area contributed by atoms with Crippen molar-refractivity contribution in [2.24, 2.45) is 12.5 Å². The van der Waals surface area contributed by atoms with E-state index < -0.39 is 12.6 Å². The number of carbonyl (C=O) groups excluding carboxylic acids is 1. The Morgan fingerprint density at radius 1 is 1.55 bits per heavy atom. The molecule has 1 aromatic heterocycles. The van der Waals surface area contributed by atoms with Gasteiger partial charge < -0.3 is 10.1 Å². The molecule has 0 aliphatic rings. The lowest BCUT2D eigenvalue weighted by molar-refractivity contribution is -0.0553. The molecule has 0 fully saturated rings. The number of aromatic nitrogens is 2. The van der Waals surface area contributed by atoms with E-state index in [-0.39, 0.29) is 17.1 Å². The Morgan fingerprint density at radius 2 is 2.20 bits per heavy atom. The number of halogens is 2. The fourth-order valence-corrected chi connectivity index (χ4v) is 1.32. The molecule has 20 heavy (non-hydrogen) atoms. The summed E-state index contributed by atoms with van der Waals surface area (Å²) in [6.45, 7) is 3.66. The van der Waals surface area contributed by atoms with E-state index in [0.29, 0.717) is 6.54 Å². The van der Waals surface area contributed by atoms with Gasteiger partial charge in [0.1, 0.15) is 0 Å². The average molecular weight is 290 g/mol. The van der Waals surface area contributed by atoms with Gasteiger partial charge in [0, 0.05) is 19.7 Å². The normalized spacial score (nSPS) is 11.6. The third kappa shape index (κ3) is 5.02. The highest BCUT2D eigenvalue weighted by Gasteiger charge is 2.17. The molecule has 0 aliphatic carbocycles. The van der Waals surface area contributed by atoms with Crippen LogP contribution in [0.1, 0.15) is 27.2 Å². The van der Waals surface area contributed by atoms with Crippen molar-refractivity contribution >= 4 is 11.8 Å². The molecule has 0 aromatic carbocycles. The minimum atomic E-state index is -2.93. The molecule has 0 unspecified atom stereocenters. The highest BCUT2D eigenvalue weighted by molar-refractivity contribution is 5.88. The maximum atomic E-state index is 12.1. The van der Waals surface area contributed by atoms with E-state index in [1.807, 2.05) is 20.8 Å². The van der Waals surface area contributed by atoms with Gasteiger partial charge in [0.05, 0.1) is 0 Å². The van der Waals surface area contributed by atoms with Gasteiger partial charge in [0.15, 0.2) is 5.82 Å². The van der Waals surface area contributed by atoms with Crippen LogP contribution in [0, 0.1) is 5.41 Å². The maximum Gasteiger partial charge on any atom is 0.388 e. The molecule has 1 rings (SSSR count).